The maximum atomic E-state index is 12.5. The van der Waals surface area contributed by atoms with E-state index in [1.165, 1.54) is 11.3 Å². The molecule has 1 fully saturated rings. The fraction of sp³-hybridized carbons (Fsp3) is 0.667. The van der Waals surface area contributed by atoms with Crippen molar-refractivity contribution in [3.05, 3.63) is 17.0 Å². The fourth-order valence-electron chi connectivity index (χ4n) is 2.20. The van der Waals surface area contributed by atoms with Gasteiger partial charge in [0.1, 0.15) is 4.21 Å². The number of likely N-dealkylation sites (N-methyl/N-ethyl adjacent to an activating group) is 1. The second kappa shape index (κ2) is 6.10. The topological polar surface area (TPSA) is 40.6 Å². The number of halogens is 1. The fourth-order valence-corrected chi connectivity index (χ4v) is 5.52. The lowest BCUT2D eigenvalue weighted by molar-refractivity contribution is 0.302. The van der Waals surface area contributed by atoms with Crippen molar-refractivity contribution in [2.45, 2.75) is 23.1 Å². The molecule has 1 saturated heterocycles. The van der Waals surface area contributed by atoms with E-state index in [9.17, 15) is 8.42 Å². The van der Waals surface area contributed by atoms with Crippen LogP contribution in [0.15, 0.2) is 16.3 Å². The Morgan fingerprint density at radius 2 is 2.21 bits per heavy atom. The van der Waals surface area contributed by atoms with Gasteiger partial charge in [-0.2, -0.15) is 4.31 Å². The third-order valence-corrected chi connectivity index (χ3v) is 7.09. The van der Waals surface area contributed by atoms with Gasteiger partial charge in [-0.3, -0.25) is 0 Å². The summed E-state index contributed by atoms with van der Waals surface area (Å²) in [4.78, 5) is 3.11. The van der Waals surface area contributed by atoms with Crippen molar-refractivity contribution in [1.29, 1.82) is 0 Å². The van der Waals surface area contributed by atoms with Crippen molar-refractivity contribution in [2.24, 2.45) is 0 Å². The molecule has 0 N–H and O–H groups in total. The number of hydrogen-bond donors (Lipinski definition) is 0. The van der Waals surface area contributed by atoms with Crippen LogP contribution in [0.2, 0.25) is 0 Å². The number of hydrogen-bond acceptors (Lipinski definition) is 4. The van der Waals surface area contributed by atoms with E-state index >= 15 is 0 Å². The van der Waals surface area contributed by atoms with Gasteiger partial charge >= 0.3 is 0 Å². The molecule has 1 atom stereocenters. The lowest BCUT2D eigenvalue weighted by Crippen LogP contribution is -2.34. The SMILES string of the molecule is CN(C)C1CCN(S(=O)(=O)c2ccc(CCCl)s2)C1. The van der Waals surface area contributed by atoms with Gasteiger partial charge in [0.25, 0.3) is 10.0 Å². The Bertz CT molecular complexity index is 528. The summed E-state index contributed by atoms with van der Waals surface area (Å²) in [6, 6.07) is 3.88. The second-order valence-electron chi connectivity index (χ2n) is 4.93. The number of sulfonamides is 1. The Morgan fingerprint density at radius 3 is 2.79 bits per heavy atom. The van der Waals surface area contributed by atoms with E-state index in [4.69, 9.17) is 11.6 Å². The molecular weight excluding hydrogens is 304 g/mol. The van der Waals surface area contributed by atoms with Crippen molar-refractivity contribution in [3.8, 4) is 0 Å². The number of rotatable bonds is 5. The molecule has 1 aromatic rings. The largest absolute Gasteiger partial charge is 0.305 e. The molecule has 19 heavy (non-hydrogen) atoms. The lowest BCUT2D eigenvalue weighted by atomic mass is 10.2. The van der Waals surface area contributed by atoms with Crippen molar-refractivity contribution in [2.75, 3.05) is 33.1 Å². The molecule has 2 rings (SSSR count). The van der Waals surface area contributed by atoms with Crippen LogP contribution in [-0.4, -0.2) is 56.7 Å². The molecule has 0 aromatic carbocycles. The minimum Gasteiger partial charge on any atom is -0.305 e. The lowest BCUT2D eigenvalue weighted by Gasteiger charge is -2.19. The Hall–Kier alpha value is -0.140. The van der Waals surface area contributed by atoms with Crippen LogP contribution in [0.4, 0.5) is 0 Å². The molecule has 1 aromatic heterocycles. The van der Waals surface area contributed by atoms with E-state index in [1.54, 1.807) is 10.4 Å². The zero-order valence-electron chi connectivity index (χ0n) is 11.2. The molecule has 0 spiro atoms. The quantitative estimate of drug-likeness (QED) is 0.777. The third-order valence-electron chi connectivity index (χ3n) is 3.43. The maximum absolute atomic E-state index is 12.5. The normalized spacial score (nSPS) is 21.4. The van der Waals surface area contributed by atoms with E-state index in [0.717, 1.165) is 17.7 Å². The van der Waals surface area contributed by atoms with Crippen molar-refractivity contribution in [3.63, 3.8) is 0 Å². The number of aryl methyl sites for hydroxylation is 1. The third kappa shape index (κ3) is 3.31. The zero-order chi connectivity index (χ0) is 14.0. The maximum Gasteiger partial charge on any atom is 0.252 e. The van der Waals surface area contributed by atoms with Crippen molar-refractivity contribution >= 4 is 33.0 Å². The van der Waals surface area contributed by atoms with Gasteiger partial charge in [-0.25, -0.2) is 8.42 Å². The Labute approximate surface area is 124 Å². The molecule has 1 unspecified atom stereocenters. The van der Waals surface area contributed by atoms with Crippen LogP contribution in [-0.2, 0) is 16.4 Å². The van der Waals surface area contributed by atoms with Crippen molar-refractivity contribution < 1.29 is 8.42 Å². The van der Waals surface area contributed by atoms with E-state index < -0.39 is 10.0 Å². The van der Waals surface area contributed by atoms with Crippen LogP contribution in [0.3, 0.4) is 0 Å². The van der Waals surface area contributed by atoms with Crippen LogP contribution in [0.25, 0.3) is 0 Å². The first kappa shape index (κ1) is 15.3. The highest BCUT2D eigenvalue weighted by atomic mass is 35.5. The van der Waals surface area contributed by atoms with E-state index in [0.29, 0.717) is 29.2 Å². The summed E-state index contributed by atoms with van der Waals surface area (Å²) in [6.07, 6.45) is 1.62. The molecule has 0 radical (unpaired) electrons. The molecule has 7 heteroatoms. The summed E-state index contributed by atoms with van der Waals surface area (Å²) in [6.45, 7) is 1.19. The zero-order valence-corrected chi connectivity index (χ0v) is 13.6. The van der Waals surface area contributed by atoms with Gasteiger partial charge in [0.15, 0.2) is 0 Å². The molecule has 0 amide bonds. The molecule has 1 aliphatic heterocycles. The van der Waals surface area contributed by atoms with Gasteiger partial charge in [0, 0.05) is 29.9 Å². The highest BCUT2D eigenvalue weighted by molar-refractivity contribution is 7.91. The van der Waals surface area contributed by atoms with Crippen LogP contribution in [0.5, 0.6) is 0 Å². The molecule has 0 bridgehead atoms. The first-order chi connectivity index (χ1) is 8.95. The summed E-state index contributed by atoms with van der Waals surface area (Å²) in [5.41, 5.74) is 0. The minimum absolute atomic E-state index is 0.317. The predicted octanol–water partition coefficient (Wildman–Crippen LogP) is 1.85. The molecule has 4 nitrogen and oxygen atoms in total. The van der Waals surface area contributed by atoms with Crippen LogP contribution in [0, 0.1) is 0 Å². The first-order valence-corrected chi connectivity index (χ1v) is 9.05. The predicted molar refractivity (Wildman–Crippen MR) is 79.6 cm³/mol. The monoisotopic (exact) mass is 322 g/mol. The average Bonchev–Trinajstić information content (AvgIpc) is 2.98. The molecular formula is C12H19ClN2O2S2. The first-order valence-electron chi connectivity index (χ1n) is 6.26. The Balaban J connectivity index is 2.14. The number of alkyl halides is 1. The van der Waals surface area contributed by atoms with E-state index in [2.05, 4.69) is 4.90 Å². The molecule has 108 valence electrons. The van der Waals surface area contributed by atoms with E-state index in [1.807, 2.05) is 20.2 Å². The number of nitrogens with zero attached hydrogens (tertiary/aromatic N) is 2. The molecule has 0 saturated carbocycles. The van der Waals surface area contributed by atoms with Crippen LogP contribution in [0.1, 0.15) is 11.3 Å². The average molecular weight is 323 g/mol. The van der Waals surface area contributed by atoms with Crippen LogP contribution >= 0.6 is 22.9 Å². The van der Waals surface area contributed by atoms with Gasteiger partial charge in [-0.15, -0.1) is 22.9 Å². The highest BCUT2D eigenvalue weighted by Crippen LogP contribution is 2.28. The molecule has 2 heterocycles. The van der Waals surface area contributed by atoms with Gasteiger partial charge in [0.2, 0.25) is 0 Å². The van der Waals surface area contributed by atoms with Gasteiger partial charge in [-0.05, 0) is 39.1 Å². The van der Waals surface area contributed by atoms with Crippen molar-refractivity contribution in [1.82, 2.24) is 9.21 Å². The second-order valence-corrected chi connectivity index (χ2v) is 8.64. The number of thiophene rings is 1. The molecule has 0 aliphatic carbocycles. The summed E-state index contributed by atoms with van der Waals surface area (Å²) < 4.78 is 27.0. The summed E-state index contributed by atoms with van der Waals surface area (Å²) >= 11 is 7.02. The highest BCUT2D eigenvalue weighted by Gasteiger charge is 2.34. The van der Waals surface area contributed by atoms with Gasteiger partial charge < -0.3 is 4.90 Å². The van der Waals surface area contributed by atoms with Gasteiger partial charge in [-0.1, -0.05) is 0 Å². The van der Waals surface area contributed by atoms with Crippen LogP contribution < -0.4 is 0 Å². The summed E-state index contributed by atoms with van der Waals surface area (Å²) in [5, 5.41) is 0. The Morgan fingerprint density at radius 1 is 1.47 bits per heavy atom. The molecule has 1 aliphatic rings. The van der Waals surface area contributed by atoms with E-state index in [-0.39, 0.29) is 0 Å². The van der Waals surface area contributed by atoms with Gasteiger partial charge in [0.05, 0.1) is 0 Å². The summed E-state index contributed by atoms with van der Waals surface area (Å²) in [7, 11) is 0.661. The Kier molecular flexibility index (Phi) is 4.89. The minimum atomic E-state index is -3.32. The smallest absolute Gasteiger partial charge is 0.252 e. The summed E-state index contributed by atoms with van der Waals surface area (Å²) in [5.74, 6) is 0.520. The standard InChI is InChI=1S/C12H19ClN2O2S2/c1-14(2)10-6-8-15(9-10)19(16,17)12-4-3-11(18-12)5-7-13/h3-4,10H,5-9H2,1-2H3.